The molecule has 70 valence electrons. The fourth-order valence-electron chi connectivity index (χ4n) is 0.787. The number of carbonyl (C=O) groups excluding carboxylic acids is 1. The van der Waals surface area contributed by atoms with Crippen LogP contribution in [0.1, 0.15) is 12.1 Å². The van der Waals surface area contributed by atoms with Gasteiger partial charge in [-0.3, -0.25) is 4.79 Å². The summed E-state index contributed by atoms with van der Waals surface area (Å²) in [5.41, 5.74) is 6.71. The quantitative estimate of drug-likeness (QED) is 0.743. The summed E-state index contributed by atoms with van der Waals surface area (Å²) in [6, 6.07) is 0. The number of carbonyl (C=O) groups is 1. The number of hydrogen-bond donors (Lipinski definition) is 1. The van der Waals surface area contributed by atoms with E-state index in [-0.39, 0.29) is 12.4 Å². The molecule has 13 heavy (non-hydrogen) atoms. The Morgan fingerprint density at radius 3 is 3.00 bits per heavy atom. The van der Waals surface area contributed by atoms with Crippen LogP contribution in [0.25, 0.3) is 5.57 Å². The molecule has 0 aliphatic heterocycles. The number of anilines is 1. The molecule has 0 aromatic carbocycles. The van der Waals surface area contributed by atoms with E-state index in [1.165, 1.54) is 18.4 Å². The van der Waals surface area contributed by atoms with Crippen molar-refractivity contribution in [2.45, 2.75) is 6.42 Å². The maximum atomic E-state index is 10.9. The van der Waals surface area contributed by atoms with Gasteiger partial charge >= 0.3 is 5.97 Å². The molecule has 1 aromatic heterocycles. The van der Waals surface area contributed by atoms with Gasteiger partial charge in [0.15, 0.2) is 5.13 Å². The Morgan fingerprint density at radius 2 is 2.54 bits per heavy atom. The molecule has 1 aromatic rings. The predicted octanol–water partition coefficient (Wildman–Crippen LogP) is 1.30. The minimum Gasteiger partial charge on any atom is -0.469 e. The van der Waals surface area contributed by atoms with Crippen molar-refractivity contribution in [2.24, 2.45) is 0 Å². The minimum atomic E-state index is -0.323. The molecule has 0 fully saturated rings. The highest BCUT2D eigenvalue weighted by molar-refractivity contribution is 7.13. The largest absolute Gasteiger partial charge is 0.469 e. The van der Waals surface area contributed by atoms with Gasteiger partial charge in [-0.2, -0.15) is 0 Å². The third-order valence-corrected chi connectivity index (χ3v) is 2.14. The van der Waals surface area contributed by atoms with Crippen LogP contribution in [0.2, 0.25) is 0 Å². The maximum absolute atomic E-state index is 10.9. The van der Waals surface area contributed by atoms with Gasteiger partial charge in [-0.05, 0) is 5.57 Å². The second kappa shape index (κ2) is 4.04. The number of nitrogens with zero attached hydrogens (tertiary/aromatic N) is 1. The van der Waals surface area contributed by atoms with Crippen LogP contribution < -0.4 is 5.73 Å². The smallest absolute Gasteiger partial charge is 0.310 e. The molecule has 0 aliphatic rings. The lowest BCUT2D eigenvalue weighted by Crippen LogP contribution is -2.01. The average Bonchev–Trinajstić information content (AvgIpc) is 2.51. The van der Waals surface area contributed by atoms with Crippen molar-refractivity contribution < 1.29 is 9.53 Å². The molecule has 0 saturated carbocycles. The summed E-state index contributed by atoms with van der Waals surface area (Å²) in [6.07, 6.45) is 0.152. The van der Waals surface area contributed by atoms with Gasteiger partial charge in [-0.25, -0.2) is 4.98 Å². The summed E-state index contributed by atoms with van der Waals surface area (Å²) in [7, 11) is 1.34. The molecule has 0 bridgehead atoms. The summed E-state index contributed by atoms with van der Waals surface area (Å²) < 4.78 is 4.49. The van der Waals surface area contributed by atoms with E-state index in [4.69, 9.17) is 5.73 Å². The standard InChI is InChI=1S/C8H10N2O2S/c1-5(3-7(11)12-2)6-4-13-8(9)10-6/h4H,1,3H2,2H3,(H2,9,10). The van der Waals surface area contributed by atoms with Crippen LogP contribution in [0, 0.1) is 0 Å². The zero-order valence-corrected chi connectivity index (χ0v) is 8.06. The fourth-order valence-corrected chi connectivity index (χ4v) is 1.39. The predicted molar refractivity (Wildman–Crippen MR) is 52.2 cm³/mol. The first kappa shape index (κ1) is 9.73. The van der Waals surface area contributed by atoms with Gasteiger partial charge in [0.25, 0.3) is 0 Å². The van der Waals surface area contributed by atoms with Gasteiger partial charge in [0.2, 0.25) is 0 Å². The van der Waals surface area contributed by atoms with Gasteiger partial charge in [-0.15, -0.1) is 11.3 Å². The van der Waals surface area contributed by atoms with Crippen LogP contribution >= 0.6 is 11.3 Å². The number of rotatable bonds is 3. The van der Waals surface area contributed by atoms with E-state index in [9.17, 15) is 4.79 Å². The Bertz CT molecular complexity index is 333. The lowest BCUT2D eigenvalue weighted by Gasteiger charge is -1.99. The number of nitrogen functional groups attached to an aromatic ring is 1. The molecule has 4 nitrogen and oxygen atoms in total. The number of esters is 1. The number of ether oxygens (including phenoxy) is 1. The van der Waals surface area contributed by atoms with Gasteiger partial charge in [0.05, 0.1) is 19.2 Å². The molecule has 0 unspecified atom stereocenters. The highest BCUT2D eigenvalue weighted by Crippen LogP contribution is 2.20. The number of thiazole rings is 1. The van der Waals surface area contributed by atoms with Crippen molar-refractivity contribution in [1.29, 1.82) is 0 Å². The molecule has 0 spiro atoms. The van der Waals surface area contributed by atoms with Gasteiger partial charge in [0, 0.05) is 5.38 Å². The van der Waals surface area contributed by atoms with E-state index < -0.39 is 0 Å². The Labute approximate surface area is 80.0 Å². The lowest BCUT2D eigenvalue weighted by molar-refractivity contribution is -0.139. The van der Waals surface area contributed by atoms with Crippen molar-refractivity contribution in [2.75, 3.05) is 12.8 Å². The second-order valence-corrected chi connectivity index (χ2v) is 3.32. The summed E-state index contributed by atoms with van der Waals surface area (Å²) in [4.78, 5) is 14.9. The first-order valence-corrected chi connectivity index (χ1v) is 4.47. The lowest BCUT2D eigenvalue weighted by atomic mass is 10.2. The molecule has 0 radical (unpaired) electrons. The van der Waals surface area contributed by atoms with Crippen LogP contribution in [-0.2, 0) is 9.53 Å². The van der Waals surface area contributed by atoms with E-state index >= 15 is 0 Å². The molecule has 0 saturated heterocycles. The summed E-state index contributed by atoms with van der Waals surface area (Å²) in [6.45, 7) is 3.71. The van der Waals surface area contributed by atoms with Crippen molar-refractivity contribution in [3.05, 3.63) is 17.7 Å². The van der Waals surface area contributed by atoms with E-state index in [2.05, 4.69) is 16.3 Å². The van der Waals surface area contributed by atoms with Crippen molar-refractivity contribution in [1.82, 2.24) is 4.98 Å². The number of aromatic nitrogens is 1. The third-order valence-electron chi connectivity index (χ3n) is 1.47. The van der Waals surface area contributed by atoms with Crippen molar-refractivity contribution in [3.63, 3.8) is 0 Å². The van der Waals surface area contributed by atoms with E-state index in [1.807, 2.05) is 0 Å². The topological polar surface area (TPSA) is 65.2 Å². The number of methoxy groups -OCH3 is 1. The van der Waals surface area contributed by atoms with Gasteiger partial charge < -0.3 is 10.5 Å². The first-order valence-electron chi connectivity index (χ1n) is 3.59. The van der Waals surface area contributed by atoms with E-state index in [0.717, 1.165) is 0 Å². The van der Waals surface area contributed by atoms with Gasteiger partial charge in [0.1, 0.15) is 0 Å². The van der Waals surface area contributed by atoms with Crippen molar-refractivity contribution >= 4 is 28.0 Å². The van der Waals surface area contributed by atoms with Crippen LogP contribution in [-0.4, -0.2) is 18.1 Å². The molecule has 5 heteroatoms. The Morgan fingerprint density at radius 1 is 1.85 bits per heavy atom. The second-order valence-electron chi connectivity index (χ2n) is 2.43. The molecule has 0 aliphatic carbocycles. The molecular formula is C8H10N2O2S. The van der Waals surface area contributed by atoms with E-state index in [1.54, 1.807) is 5.38 Å². The fraction of sp³-hybridized carbons (Fsp3) is 0.250. The summed E-state index contributed by atoms with van der Waals surface area (Å²) >= 11 is 1.32. The molecular weight excluding hydrogens is 188 g/mol. The van der Waals surface area contributed by atoms with Crippen LogP contribution in [0.15, 0.2) is 12.0 Å². The highest BCUT2D eigenvalue weighted by Gasteiger charge is 2.08. The normalized spacial score (nSPS) is 9.62. The third kappa shape index (κ3) is 2.55. The summed E-state index contributed by atoms with van der Waals surface area (Å²) in [5.74, 6) is -0.323. The Kier molecular flexibility index (Phi) is 3.02. The zero-order valence-electron chi connectivity index (χ0n) is 7.24. The number of hydrogen-bond acceptors (Lipinski definition) is 5. The molecule has 1 heterocycles. The summed E-state index contributed by atoms with van der Waals surface area (Å²) in [5, 5.41) is 2.24. The maximum Gasteiger partial charge on any atom is 0.310 e. The molecule has 0 atom stereocenters. The van der Waals surface area contributed by atoms with Crippen LogP contribution in [0.4, 0.5) is 5.13 Å². The zero-order chi connectivity index (χ0) is 9.84. The van der Waals surface area contributed by atoms with E-state index in [0.29, 0.717) is 16.4 Å². The number of nitrogens with two attached hydrogens (primary N) is 1. The van der Waals surface area contributed by atoms with Crippen LogP contribution in [0.5, 0.6) is 0 Å². The van der Waals surface area contributed by atoms with Crippen LogP contribution in [0.3, 0.4) is 0 Å². The first-order chi connectivity index (χ1) is 6.13. The average molecular weight is 198 g/mol. The monoisotopic (exact) mass is 198 g/mol. The highest BCUT2D eigenvalue weighted by atomic mass is 32.1. The molecule has 2 N–H and O–H groups in total. The molecule has 0 amide bonds. The molecule has 1 rings (SSSR count). The Hall–Kier alpha value is -1.36. The van der Waals surface area contributed by atoms with Crippen molar-refractivity contribution in [3.8, 4) is 0 Å². The van der Waals surface area contributed by atoms with Gasteiger partial charge in [-0.1, -0.05) is 6.58 Å². The minimum absolute atomic E-state index is 0.152. The SMILES string of the molecule is C=C(CC(=O)OC)c1csc(N)n1. The Balaban J connectivity index is 2.64.